The van der Waals surface area contributed by atoms with Gasteiger partial charge in [0, 0.05) is 18.0 Å². The molecule has 1 aliphatic rings. The standard InChI is InChI=1S/C21H26N2O6S2/c1-2-28-17-5-7-19(8-6-17)31(26,27)23-11-9-16(10-12-23)21(25)29-15-20(24)22-14-18-4-3-13-30-18/h3-8,13,16H,2,9-12,14-15H2,1H3,(H,22,24). The SMILES string of the molecule is CCOc1ccc(S(=O)(=O)N2CCC(C(=O)OCC(=O)NCc3cccs3)CC2)cc1. The van der Waals surface area contributed by atoms with Gasteiger partial charge in [0.25, 0.3) is 5.91 Å². The van der Waals surface area contributed by atoms with Crippen LogP contribution in [0.5, 0.6) is 5.75 Å². The first-order valence-electron chi connectivity index (χ1n) is 10.1. The van der Waals surface area contributed by atoms with Gasteiger partial charge in [0.2, 0.25) is 10.0 Å². The maximum absolute atomic E-state index is 12.8. The molecule has 0 radical (unpaired) electrons. The number of amides is 1. The van der Waals surface area contributed by atoms with Crippen LogP contribution in [-0.4, -0.2) is 50.9 Å². The Morgan fingerprint density at radius 3 is 2.48 bits per heavy atom. The summed E-state index contributed by atoms with van der Waals surface area (Å²) in [6.45, 7) is 2.87. The molecule has 8 nitrogen and oxygen atoms in total. The van der Waals surface area contributed by atoms with Gasteiger partial charge in [0.1, 0.15) is 5.75 Å². The molecule has 0 bridgehead atoms. The lowest BCUT2D eigenvalue weighted by Gasteiger charge is -2.30. The summed E-state index contributed by atoms with van der Waals surface area (Å²) < 4.78 is 37.5. The van der Waals surface area contributed by atoms with Crippen LogP contribution in [0.25, 0.3) is 0 Å². The molecular weight excluding hydrogens is 440 g/mol. The molecule has 31 heavy (non-hydrogen) atoms. The maximum Gasteiger partial charge on any atom is 0.309 e. The van der Waals surface area contributed by atoms with E-state index < -0.39 is 21.9 Å². The fraction of sp³-hybridized carbons (Fsp3) is 0.429. The summed E-state index contributed by atoms with van der Waals surface area (Å²) in [7, 11) is -3.63. The summed E-state index contributed by atoms with van der Waals surface area (Å²) in [5.41, 5.74) is 0. The lowest BCUT2D eigenvalue weighted by Crippen LogP contribution is -2.41. The monoisotopic (exact) mass is 466 g/mol. The van der Waals surface area contributed by atoms with Crippen molar-refractivity contribution in [1.29, 1.82) is 0 Å². The maximum atomic E-state index is 12.8. The highest BCUT2D eigenvalue weighted by atomic mass is 32.2. The van der Waals surface area contributed by atoms with Crippen LogP contribution in [0.3, 0.4) is 0 Å². The second kappa shape index (κ2) is 10.7. The van der Waals surface area contributed by atoms with Gasteiger partial charge in [-0.05, 0) is 55.5 Å². The number of carbonyl (C=O) groups excluding carboxylic acids is 2. The van der Waals surface area contributed by atoms with Crippen molar-refractivity contribution in [3.63, 3.8) is 0 Å². The number of benzene rings is 1. The number of nitrogens with zero attached hydrogens (tertiary/aromatic N) is 1. The second-order valence-electron chi connectivity index (χ2n) is 7.05. The van der Waals surface area contributed by atoms with E-state index in [0.717, 1.165) is 4.88 Å². The van der Waals surface area contributed by atoms with Gasteiger partial charge in [-0.1, -0.05) is 6.07 Å². The third-order valence-corrected chi connectivity index (χ3v) is 7.73. The van der Waals surface area contributed by atoms with Crippen LogP contribution in [0, 0.1) is 5.92 Å². The molecule has 10 heteroatoms. The van der Waals surface area contributed by atoms with Gasteiger partial charge in [0.05, 0.1) is 24.0 Å². The summed E-state index contributed by atoms with van der Waals surface area (Å²) in [4.78, 5) is 25.3. The van der Waals surface area contributed by atoms with Crippen LogP contribution in [0.15, 0.2) is 46.7 Å². The molecule has 0 saturated carbocycles. The predicted octanol–water partition coefficient (Wildman–Crippen LogP) is 2.41. The highest BCUT2D eigenvalue weighted by Gasteiger charge is 2.33. The fourth-order valence-corrected chi connectivity index (χ4v) is 5.37. The Morgan fingerprint density at radius 1 is 1.16 bits per heavy atom. The molecule has 168 valence electrons. The molecule has 1 aromatic carbocycles. The predicted molar refractivity (Wildman–Crippen MR) is 116 cm³/mol. The van der Waals surface area contributed by atoms with Crippen molar-refractivity contribution in [2.24, 2.45) is 5.92 Å². The van der Waals surface area contributed by atoms with Gasteiger partial charge in [-0.2, -0.15) is 4.31 Å². The minimum absolute atomic E-state index is 0.194. The number of nitrogens with one attached hydrogen (secondary N) is 1. The summed E-state index contributed by atoms with van der Waals surface area (Å²) in [6.07, 6.45) is 0.706. The number of hydrogen-bond acceptors (Lipinski definition) is 7. The topological polar surface area (TPSA) is 102 Å². The van der Waals surface area contributed by atoms with Crippen molar-refractivity contribution in [3.8, 4) is 5.75 Å². The van der Waals surface area contributed by atoms with Crippen LogP contribution in [0.4, 0.5) is 0 Å². The van der Waals surface area contributed by atoms with E-state index in [2.05, 4.69) is 5.32 Å². The van der Waals surface area contributed by atoms with E-state index in [9.17, 15) is 18.0 Å². The average Bonchev–Trinajstić information content (AvgIpc) is 3.30. The zero-order valence-electron chi connectivity index (χ0n) is 17.3. The molecule has 1 amide bonds. The Bertz CT molecular complexity index is 966. The van der Waals surface area contributed by atoms with Crippen LogP contribution in [0.1, 0.15) is 24.6 Å². The molecule has 0 unspecified atom stereocenters. The number of esters is 1. The van der Waals surface area contributed by atoms with E-state index in [1.54, 1.807) is 12.1 Å². The Balaban J connectivity index is 1.44. The first kappa shape index (κ1) is 23.2. The number of rotatable bonds is 9. The van der Waals surface area contributed by atoms with E-state index in [1.165, 1.54) is 27.8 Å². The van der Waals surface area contributed by atoms with Crippen molar-refractivity contribution < 1.29 is 27.5 Å². The molecule has 3 rings (SSSR count). The van der Waals surface area contributed by atoms with Crippen molar-refractivity contribution in [1.82, 2.24) is 9.62 Å². The molecule has 1 N–H and O–H groups in total. The van der Waals surface area contributed by atoms with Crippen molar-refractivity contribution in [3.05, 3.63) is 46.7 Å². The molecule has 0 atom stereocenters. The smallest absolute Gasteiger partial charge is 0.309 e. The molecule has 1 fully saturated rings. The first-order valence-corrected chi connectivity index (χ1v) is 12.4. The number of sulfonamides is 1. The van der Waals surface area contributed by atoms with Gasteiger partial charge in [-0.3, -0.25) is 9.59 Å². The van der Waals surface area contributed by atoms with Crippen molar-refractivity contribution >= 4 is 33.2 Å². The summed E-state index contributed by atoms with van der Waals surface area (Å²) in [5, 5.41) is 4.62. The Labute approximate surface area is 186 Å². The van der Waals surface area contributed by atoms with Crippen molar-refractivity contribution in [2.75, 3.05) is 26.3 Å². The quantitative estimate of drug-likeness (QED) is 0.570. The number of hydrogen-bond donors (Lipinski definition) is 1. The Hall–Kier alpha value is -2.43. The van der Waals surface area contributed by atoms with Gasteiger partial charge < -0.3 is 14.8 Å². The normalized spacial score (nSPS) is 15.4. The number of carbonyl (C=O) groups is 2. The molecule has 1 aromatic heterocycles. The Morgan fingerprint density at radius 2 is 1.87 bits per heavy atom. The minimum atomic E-state index is -3.63. The zero-order chi connectivity index (χ0) is 22.3. The van der Waals surface area contributed by atoms with Gasteiger partial charge in [0.15, 0.2) is 6.61 Å². The summed E-state index contributed by atoms with van der Waals surface area (Å²) >= 11 is 1.53. The molecule has 2 aromatic rings. The number of thiophene rings is 1. The van der Waals surface area contributed by atoms with Gasteiger partial charge in [-0.25, -0.2) is 8.42 Å². The van der Waals surface area contributed by atoms with E-state index >= 15 is 0 Å². The van der Waals surface area contributed by atoms with Crippen LogP contribution < -0.4 is 10.1 Å². The van der Waals surface area contributed by atoms with Crippen molar-refractivity contribution in [2.45, 2.75) is 31.2 Å². The van der Waals surface area contributed by atoms with E-state index in [0.29, 0.717) is 31.7 Å². The molecule has 1 aliphatic heterocycles. The molecule has 0 spiro atoms. The van der Waals surface area contributed by atoms with Crippen LogP contribution >= 0.6 is 11.3 Å². The highest BCUT2D eigenvalue weighted by molar-refractivity contribution is 7.89. The lowest BCUT2D eigenvalue weighted by atomic mass is 9.98. The summed E-state index contributed by atoms with van der Waals surface area (Å²) in [6, 6.07) is 10.1. The van der Waals surface area contributed by atoms with E-state index in [-0.39, 0.29) is 30.5 Å². The van der Waals surface area contributed by atoms with Crippen LogP contribution in [0.2, 0.25) is 0 Å². The lowest BCUT2D eigenvalue weighted by molar-refractivity contribution is -0.153. The van der Waals surface area contributed by atoms with Gasteiger partial charge in [-0.15, -0.1) is 11.3 Å². The third-order valence-electron chi connectivity index (χ3n) is 4.95. The number of piperidine rings is 1. The minimum Gasteiger partial charge on any atom is -0.494 e. The Kier molecular flexibility index (Phi) is 8.05. The average molecular weight is 467 g/mol. The molecule has 0 aliphatic carbocycles. The number of ether oxygens (including phenoxy) is 2. The highest BCUT2D eigenvalue weighted by Crippen LogP contribution is 2.25. The third kappa shape index (κ3) is 6.28. The molecule has 1 saturated heterocycles. The van der Waals surface area contributed by atoms with Gasteiger partial charge >= 0.3 is 5.97 Å². The summed E-state index contributed by atoms with van der Waals surface area (Å²) in [5.74, 6) is -0.638. The van der Waals surface area contributed by atoms with Crippen LogP contribution in [-0.2, 0) is 30.9 Å². The van der Waals surface area contributed by atoms with E-state index in [1.807, 2.05) is 24.4 Å². The largest absolute Gasteiger partial charge is 0.494 e. The molecular formula is C21H26N2O6S2. The van der Waals surface area contributed by atoms with E-state index in [4.69, 9.17) is 9.47 Å². The first-order chi connectivity index (χ1) is 14.9. The molecule has 2 heterocycles. The fourth-order valence-electron chi connectivity index (χ4n) is 3.26. The second-order valence-corrected chi connectivity index (χ2v) is 10.0. The zero-order valence-corrected chi connectivity index (χ0v) is 18.9.